The zero-order valence-corrected chi connectivity index (χ0v) is 20.2. The van der Waals surface area contributed by atoms with Gasteiger partial charge in [-0.3, -0.25) is 4.79 Å². The highest BCUT2D eigenvalue weighted by atomic mass is 19.3. The molecule has 2 heterocycles. The van der Waals surface area contributed by atoms with Crippen molar-refractivity contribution >= 4 is 12.0 Å². The number of alkyl halides is 2. The summed E-state index contributed by atoms with van der Waals surface area (Å²) in [6, 6.07) is 3.74. The second-order valence-corrected chi connectivity index (χ2v) is 8.92. The standard InChI is InChI=1S/C24H30F2N4O6/c1-14(27)20-19(22(31)29-8-3-9-30(11-10-29)24(32)33-2)28-21(36-20)16-6-7-17(35-23(25)26)18(12-16)34-13-15-4-5-15/h6-7,12,14-15,23H,3-5,8-11,13,27H2,1-2H3/t14-/m0/s1. The fraction of sp³-hybridized carbons (Fsp3) is 0.542. The van der Waals surface area contributed by atoms with Crippen LogP contribution in [0.4, 0.5) is 13.6 Å². The maximum Gasteiger partial charge on any atom is 0.409 e. The number of carbonyl (C=O) groups is 2. The van der Waals surface area contributed by atoms with Crippen molar-refractivity contribution in [1.29, 1.82) is 0 Å². The Morgan fingerprint density at radius 1 is 1.17 bits per heavy atom. The molecule has 1 saturated heterocycles. The first-order valence-electron chi connectivity index (χ1n) is 11.9. The third-order valence-corrected chi connectivity index (χ3v) is 6.06. The van der Waals surface area contributed by atoms with Crippen molar-refractivity contribution < 1.29 is 37.0 Å². The summed E-state index contributed by atoms with van der Waals surface area (Å²) in [6.07, 6.45) is 2.19. The van der Waals surface area contributed by atoms with Crippen molar-refractivity contribution in [1.82, 2.24) is 14.8 Å². The van der Waals surface area contributed by atoms with Crippen LogP contribution in [0.5, 0.6) is 11.5 Å². The number of nitrogens with two attached hydrogens (primary N) is 1. The molecule has 1 atom stereocenters. The largest absolute Gasteiger partial charge is 0.489 e. The van der Waals surface area contributed by atoms with Crippen LogP contribution in [-0.2, 0) is 4.74 Å². The van der Waals surface area contributed by atoms with Gasteiger partial charge in [0.1, 0.15) is 0 Å². The van der Waals surface area contributed by atoms with Gasteiger partial charge in [0, 0.05) is 31.7 Å². The minimum atomic E-state index is -3.00. The Labute approximate surface area is 207 Å². The van der Waals surface area contributed by atoms with Crippen molar-refractivity contribution in [3.8, 4) is 23.0 Å². The number of hydrogen-bond donors (Lipinski definition) is 1. The second-order valence-electron chi connectivity index (χ2n) is 8.92. The van der Waals surface area contributed by atoms with Gasteiger partial charge in [-0.05, 0) is 50.3 Å². The van der Waals surface area contributed by atoms with E-state index in [2.05, 4.69) is 9.72 Å². The summed E-state index contributed by atoms with van der Waals surface area (Å²) in [6.45, 7) is 0.576. The lowest BCUT2D eigenvalue weighted by atomic mass is 10.2. The van der Waals surface area contributed by atoms with Gasteiger partial charge in [-0.2, -0.15) is 8.78 Å². The minimum Gasteiger partial charge on any atom is -0.489 e. The Bertz CT molecular complexity index is 1090. The molecule has 12 heteroatoms. The lowest BCUT2D eigenvalue weighted by Gasteiger charge is -2.21. The summed E-state index contributed by atoms with van der Waals surface area (Å²) >= 11 is 0. The van der Waals surface area contributed by atoms with Gasteiger partial charge in [-0.25, -0.2) is 9.78 Å². The van der Waals surface area contributed by atoms with Gasteiger partial charge >= 0.3 is 12.7 Å². The molecule has 1 aromatic carbocycles. The van der Waals surface area contributed by atoms with Crippen LogP contribution < -0.4 is 15.2 Å². The first-order chi connectivity index (χ1) is 17.3. The monoisotopic (exact) mass is 508 g/mol. The van der Waals surface area contributed by atoms with E-state index in [0.29, 0.717) is 50.7 Å². The van der Waals surface area contributed by atoms with Crippen LogP contribution in [0.25, 0.3) is 11.5 Å². The molecule has 4 rings (SSSR count). The summed E-state index contributed by atoms with van der Waals surface area (Å²) in [5, 5.41) is 0. The molecule has 2 N–H and O–H groups in total. The van der Waals surface area contributed by atoms with Crippen LogP contribution in [0.1, 0.15) is 48.5 Å². The van der Waals surface area contributed by atoms with Crippen LogP contribution in [0.2, 0.25) is 0 Å². The van der Waals surface area contributed by atoms with Gasteiger partial charge in [-0.15, -0.1) is 0 Å². The lowest BCUT2D eigenvalue weighted by Crippen LogP contribution is -2.37. The molecule has 2 amide bonds. The first kappa shape index (κ1) is 25.7. The van der Waals surface area contributed by atoms with Gasteiger partial charge in [0.15, 0.2) is 23.0 Å². The van der Waals surface area contributed by atoms with Gasteiger partial charge in [0.05, 0.1) is 19.8 Å². The van der Waals surface area contributed by atoms with Gasteiger partial charge in [0.2, 0.25) is 5.89 Å². The van der Waals surface area contributed by atoms with Crippen molar-refractivity contribution in [2.24, 2.45) is 11.7 Å². The summed E-state index contributed by atoms with van der Waals surface area (Å²) in [7, 11) is 1.32. The fourth-order valence-corrected chi connectivity index (χ4v) is 3.94. The number of rotatable bonds is 8. The molecular weight excluding hydrogens is 478 g/mol. The fourth-order valence-electron chi connectivity index (χ4n) is 3.94. The molecule has 2 fully saturated rings. The number of benzene rings is 1. The zero-order chi connectivity index (χ0) is 25.8. The normalized spacial score (nSPS) is 17.1. The Hall–Kier alpha value is -3.41. The molecule has 2 aliphatic rings. The third kappa shape index (κ3) is 6.04. The highest BCUT2D eigenvalue weighted by Gasteiger charge is 2.30. The van der Waals surface area contributed by atoms with Crippen molar-refractivity contribution in [2.45, 2.75) is 38.8 Å². The number of halogens is 2. The van der Waals surface area contributed by atoms with E-state index in [1.165, 1.54) is 25.3 Å². The molecule has 1 aliphatic carbocycles. The molecule has 10 nitrogen and oxygen atoms in total. The molecule has 1 aromatic heterocycles. The van der Waals surface area contributed by atoms with Crippen LogP contribution >= 0.6 is 0 Å². The zero-order valence-electron chi connectivity index (χ0n) is 20.2. The number of amides is 2. The minimum absolute atomic E-state index is 0.0693. The molecule has 0 spiro atoms. The van der Waals surface area contributed by atoms with E-state index in [1.807, 2.05) is 0 Å². The van der Waals surface area contributed by atoms with Crippen LogP contribution in [-0.4, -0.2) is 73.3 Å². The maximum absolute atomic E-state index is 13.4. The molecular formula is C24H30F2N4O6. The molecule has 1 saturated carbocycles. The molecule has 2 aromatic rings. The molecule has 0 unspecified atom stereocenters. The Morgan fingerprint density at radius 2 is 1.89 bits per heavy atom. The maximum atomic E-state index is 13.4. The highest BCUT2D eigenvalue weighted by Crippen LogP contribution is 2.37. The predicted molar refractivity (Wildman–Crippen MR) is 124 cm³/mol. The molecule has 0 radical (unpaired) electrons. The van der Waals surface area contributed by atoms with Crippen LogP contribution in [0.3, 0.4) is 0 Å². The number of hydrogen-bond acceptors (Lipinski definition) is 8. The number of oxazole rings is 1. The molecule has 196 valence electrons. The number of carbonyl (C=O) groups excluding carboxylic acids is 2. The predicted octanol–water partition coefficient (Wildman–Crippen LogP) is 3.67. The van der Waals surface area contributed by atoms with E-state index in [1.54, 1.807) is 16.7 Å². The van der Waals surface area contributed by atoms with Crippen LogP contribution in [0, 0.1) is 5.92 Å². The van der Waals surface area contributed by atoms with E-state index < -0.39 is 18.7 Å². The molecule has 0 bridgehead atoms. The van der Waals surface area contributed by atoms with E-state index >= 15 is 0 Å². The van der Waals surface area contributed by atoms with E-state index in [4.69, 9.17) is 19.6 Å². The topological polar surface area (TPSA) is 120 Å². The Morgan fingerprint density at radius 3 is 2.56 bits per heavy atom. The average molecular weight is 509 g/mol. The SMILES string of the molecule is COC(=O)N1CCCN(C(=O)c2nc(-c3ccc(OC(F)F)c(OCC4CC4)c3)oc2[C@H](C)N)CC1. The summed E-state index contributed by atoms with van der Waals surface area (Å²) in [5.74, 6) is 0.390. The summed E-state index contributed by atoms with van der Waals surface area (Å²) < 4.78 is 46.7. The summed E-state index contributed by atoms with van der Waals surface area (Å²) in [5.41, 5.74) is 6.58. The number of aromatic nitrogens is 1. The van der Waals surface area contributed by atoms with Crippen molar-refractivity contribution in [3.05, 3.63) is 29.7 Å². The van der Waals surface area contributed by atoms with Crippen molar-refractivity contribution in [3.63, 3.8) is 0 Å². The third-order valence-electron chi connectivity index (χ3n) is 6.06. The first-order valence-corrected chi connectivity index (χ1v) is 11.9. The Kier molecular flexibility index (Phi) is 7.92. The van der Waals surface area contributed by atoms with E-state index in [0.717, 1.165) is 12.8 Å². The quantitative estimate of drug-likeness (QED) is 0.574. The van der Waals surface area contributed by atoms with E-state index in [9.17, 15) is 18.4 Å². The van der Waals surface area contributed by atoms with Crippen LogP contribution in [0.15, 0.2) is 22.6 Å². The second kappa shape index (κ2) is 11.1. The number of methoxy groups -OCH3 is 1. The smallest absolute Gasteiger partial charge is 0.409 e. The van der Waals surface area contributed by atoms with Crippen molar-refractivity contribution in [2.75, 3.05) is 39.9 Å². The molecule has 1 aliphatic heterocycles. The van der Waals surface area contributed by atoms with Gasteiger partial charge in [0.25, 0.3) is 5.91 Å². The van der Waals surface area contributed by atoms with Gasteiger partial charge in [-0.1, -0.05) is 0 Å². The number of ether oxygens (including phenoxy) is 3. The number of nitrogens with zero attached hydrogens (tertiary/aromatic N) is 3. The lowest BCUT2D eigenvalue weighted by molar-refractivity contribution is -0.0515. The Balaban J connectivity index is 1.59. The average Bonchev–Trinajstić information content (AvgIpc) is 3.62. The highest BCUT2D eigenvalue weighted by molar-refractivity contribution is 5.94. The van der Waals surface area contributed by atoms with Gasteiger partial charge < -0.3 is 34.2 Å². The summed E-state index contributed by atoms with van der Waals surface area (Å²) in [4.78, 5) is 32.8. The van der Waals surface area contributed by atoms with E-state index in [-0.39, 0.29) is 34.8 Å². The molecule has 36 heavy (non-hydrogen) atoms.